The molecule has 2 aromatic rings. The molecule has 1 heterocycles. The molecule has 1 aromatic heterocycles. The Hall–Kier alpha value is -2.30. The average Bonchev–Trinajstić information content (AvgIpc) is 3.24. The number of aromatic nitrogens is 2. The van der Waals surface area contributed by atoms with Gasteiger partial charge in [0, 0.05) is 12.7 Å². The molecule has 0 atom stereocenters. The number of ether oxygens (including phenoxy) is 1. The monoisotopic (exact) mass is 313 g/mol. The van der Waals surface area contributed by atoms with Gasteiger partial charge in [-0.25, -0.2) is 0 Å². The van der Waals surface area contributed by atoms with Crippen LogP contribution in [0.1, 0.15) is 48.5 Å². The van der Waals surface area contributed by atoms with Gasteiger partial charge in [0.05, 0.1) is 24.4 Å². The van der Waals surface area contributed by atoms with Crippen LogP contribution in [0.2, 0.25) is 0 Å². The van der Waals surface area contributed by atoms with Crippen molar-refractivity contribution in [2.24, 2.45) is 0 Å². The van der Waals surface area contributed by atoms with E-state index in [0.29, 0.717) is 5.56 Å². The summed E-state index contributed by atoms with van der Waals surface area (Å²) in [6.45, 7) is 2.76. The van der Waals surface area contributed by atoms with Crippen LogP contribution in [0.15, 0.2) is 36.7 Å². The van der Waals surface area contributed by atoms with Gasteiger partial charge in [-0.1, -0.05) is 25.0 Å². The van der Waals surface area contributed by atoms with Crippen molar-refractivity contribution in [3.63, 3.8) is 0 Å². The summed E-state index contributed by atoms with van der Waals surface area (Å²) in [6, 6.07) is 8.01. The normalized spacial score (nSPS) is 16.3. The van der Waals surface area contributed by atoms with Gasteiger partial charge in [0.2, 0.25) is 0 Å². The van der Waals surface area contributed by atoms with Crippen LogP contribution in [0.3, 0.4) is 0 Å². The van der Waals surface area contributed by atoms with E-state index in [1.54, 1.807) is 24.2 Å². The van der Waals surface area contributed by atoms with Crippen LogP contribution in [-0.4, -0.2) is 22.8 Å². The molecular weight excluding hydrogens is 290 g/mol. The Morgan fingerprint density at radius 1 is 1.39 bits per heavy atom. The van der Waals surface area contributed by atoms with Gasteiger partial charge in [0.15, 0.2) is 0 Å². The first-order valence-electron chi connectivity index (χ1n) is 8.16. The average molecular weight is 313 g/mol. The molecule has 1 amide bonds. The topological polar surface area (TPSA) is 56.2 Å². The SMILES string of the molecule is CCn1cc(C(=O)NC2(c3cccc(OC)c3)CCCC2)cn1. The zero-order valence-corrected chi connectivity index (χ0v) is 13.7. The molecule has 1 aromatic carbocycles. The lowest BCUT2D eigenvalue weighted by Crippen LogP contribution is -2.43. The second kappa shape index (κ2) is 6.44. The zero-order chi connectivity index (χ0) is 16.3. The minimum Gasteiger partial charge on any atom is -0.497 e. The Morgan fingerprint density at radius 2 is 2.17 bits per heavy atom. The first kappa shape index (κ1) is 15.6. The Labute approximate surface area is 136 Å². The number of aryl methyl sites for hydroxylation is 1. The predicted molar refractivity (Wildman–Crippen MR) is 88.5 cm³/mol. The van der Waals surface area contributed by atoms with Gasteiger partial charge in [0.1, 0.15) is 5.75 Å². The Kier molecular flexibility index (Phi) is 4.37. The lowest BCUT2D eigenvalue weighted by atomic mass is 9.87. The number of carbonyl (C=O) groups excluding carboxylic acids is 1. The van der Waals surface area contributed by atoms with Crippen molar-refractivity contribution in [3.05, 3.63) is 47.8 Å². The number of hydrogen-bond donors (Lipinski definition) is 1. The predicted octanol–water partition coefficient (Wildman–Crippen LogP) is 3.11. The molecule has 1 N–H and O–H groups in total. The fourth-order valence-electron chi connectivity index (χ4n) is 3.33. The summed E-state index contributed by atoms with van der Waals surface area (Å²) < 4.78 is 7.11. The highest BCUT2D eigenvalue weighted by Gasteiger charge is 2.37. The smallest absolute Gasteiger partial charge is 0.255 e. The third-order valence-electron chi connectivity index (χ3n) is 4.65. The molecule has 0 radical (unpaired) electrons. The Morgan fingerprint density at radius 3 is 2.83 bits per heavy atom. The summed E-state index contributed by atoms with van der Waals surface area (Å²) in [5.74, 6) is 0.760. The van der Waals surface area contributed by atoms with E-state index in [2.05, 4.69) is 16.5 Å². The van der Waals surface area contributed by atoms with Crippen LogP contribution in [-0.2, 0) is 12.1 Å². The van der Waals surface area contributed by atoms with E-state index in [4.69, 9.17) is 4.74 Å². The molecule has 0 unspecified atom stereocenters. The molecule has 0 spiro atoms. The molecule has 0 saturated heterocycles. The number of rotatable bonds is 5. The molecule has 3 rings (SSSR count). The van der Waals surface area contributed by atoms with Crippen molar-refractivity contribution in [2.75, 3.05) is 7.11 Å². The van der Waals surface area contributed by atoms with Crippen LogP contribution in [0.5, 0.6) is 5.75 Å². The van der Waals surface area contributed by atoms with E-state index < -0.39 is 0 Å². The van der Waals surface area contributed by atoms with Crippen LogP contribution in [0, 0.1) is 0 Å². The lowest BCUT2D eigenvalue weighted by Gasteiger charge is -2.31. The van der Waals surface area contributed by atoms with Gasteiger partial charge in [0.25, 0.3) is 5.91 Å². The van der Waals surface area contributed by atoms with Crippen molar-refractivity contribution in [2.45, 2.75) is 44.7 Å². The van der Waals surface area contributed by atoms with Crippen molar-refractivity contribution < 1.29 is 9.53 Å². The molecule has 122 valence electrons. The molecule has 0 aliphatic heterocycles. The zero-order valence-electron chi connectivity index (χ0n) is 13.7. The van der Waals surface area contributed by atoms with Gasteiger partial charge in [-0.05, 0) is 37.5 Å². The molecule has 23 heavy (non-hydrogen) atoms. The third-order valence-corrected chi connectivity index (χ3v) is 4.65. The molecule has 1 fully saturated rings. The van der Waals surface area contributed by atoms with Crippen LogP contribution >= 0.6 is 0 Å². The number of nitrogens with one attached hydrogen (secondary N) is 1. The van der Waals surface area contributed by atoms with Crippen LogP contribution in [0.4, 0.5) is 0 Å². The van der Waals surface area contributed by atoms with E-state index in [1.165, 1.54) is 0 Å². The van der Waals surface area contributed by atoms with Gasteiger partial charge in [-0.3, -0.25) is 9.48 Å². The Bertz CT molecular complexity index is 687. The summed E-state index contributed by atoms with van der Waals surface area (Å²) in [4.78, 5) is 12.7. The van der Waals surface area contributed by atoms with Crippen LogP contribution in [0.25, 0.3) is 0 Å². The summed E-state index contributed by atoms with van der Waals surface area (Å²) in [7, 11) is 1.66. The van der Waals surface area contributed by atoms with E-state index >= 15 is 0 Å². The molecular formula is C18H23N3O2. The highest BCUT2D eigenvalue weighted by atomic mass is 16.5. The highest BCUT2D eigenvalue weighted by Crippen LogP contribution is 2.40. The molecule has 1 saturated carbocycles. The summed E-state index contributed by atoms with van der Waals surface area (Å²) >= 11 is 0. The third kappa shape index (κ3) is 3.09. The highest BCUT2D eigenvalue weighted by molar-refractivity contribution is 5.94. The second-order valence-electron chi connectivity index (χ2n) is 6.06. The van der Waals surface area contributed by atoms with Gasteiger partial charge < -0.3 is 10.1 Å². The summed E-state index contributed by atoms with van der Waals surface area (Å²) in [6.07, 6.45) is 7.57. The lowest BCUT2D eigenvalue weighted by molar-refractivity contribution is 0.0898. The fraction of sp³-hybridized carbons (Fsp3) is 0.444. The number of amides is 1. The number of carbonyl (C=O) groups is 1. The number of nitrogens with zero attached hydrogens (tertiary/aromatic N) is 2. The minimum absolute atomic E-state index is 0.0607. The second-order valence-corrected chi connectivity index (χ2v) is 6.06. The molecule has 1 aliphatic rings. The van der Waals surface area contributed by atoms with E-state index in [-0.39, 0.29) is 11.4 Å². The first-order chi connectivity index (χ1) is 11.2. The van der Waals surface area contributed by atoms with Crippen molar-refractivity contribution in [3.8, 4) is 5.75 Å². The maximum absolute atomic E-state index is 12.7. The van der Waals surface area contributed by atoms with Gasteiger partial charge in [-0.2, -0.15) is 5.10 Å². The summed E-state index contributed by atoms with van der Waals surface area (Å²) in [5, 5.41) is 7.45. The minimum atomic E-state index is -0.306. The van der Waals surface area contributed by atoms with E-state index in [9.17, 15) is 4.79 Å². The molecule has 5 nitrogen and oxygen atoms in total. The molecule has 5 heteroatoms. The van der Waals surface area contributed by atoms with Crippen molar-refractivity contribution >= 4 is 5.91 Å². The van der Waals surface area contributed by atoms with Crippen molar-refractivity contribution in [1.29, 1.82) is 0 Å². The number of benzene rings is 1. The van der Waals surface area contributed by atoms with E-state index in [1.807, 2.05) is 25.1 Å². The number of methoxy groups -OCH3 is 1. The van der Waals surface area contributed by atoms with E-state index in [0.717, 1.165) is 43.5 Å². The maximum atomic E-state index is 12.7. The molecule has 1 aliphatic carbocycles. The Balaban J connectivity index is 1.87. The largest absolute Gasteiger partial charge is 0.497 e. The first-order valence-corrected chi connectivity index (χ1v) is 8.16. The quantitative estimate of drug-likeness (QED) is 0.923. The maximum Gasteiger partial charge on any atom is 0.255 e. The summed E-state index contributed by atoms with van der Waals surface area (Å²) in [5.41, 5.74) is 1.42. The fourth-order valence-corrected chi connectivity index (χ4v) is 3.33. The molecule has 0 bridgehead atoms. The standard InChI is InChI=1S/C18H23N3O2/c1-3-21-13-14(12-19-21)17(22)20-18(9-4-5-10-18)15-7-6-8-16(11-15)23-2/h6-8,11-13H,3-5,9-10H2,1-2H3,(H,20,22). The van der Waals surface area contributed by atoms with Gasteiger partial charge in [-0.15, -0.1) is 0 Å². The number of hydrogen-bond acceptors (Lipinski definition) is 3. The van der Waals surface area contributed by atoms with Crippen molar-refractivity contribution in [1.82, 2.24) is 15.1 Å². The van der Waals surface area contributed by atoms with Gasteiger partial charge >= 0.3 is 0 Å². The van der Waals surface area contributed by atoms with Crippen LogP contribution < -0.4 is 10.1 Å².